The molecule has 0 saturated heterocycles. The molecular formula is C9H11NO6S. The Bertz CT molecular complexity index is 544. The number of carboxylic acids is 1. The van der Waals surface area contributed by atoms with Crippen LogP contribution in [0.5, 0.6) is 0 Å². The Kier molecular flexibility index (Phi) is 3.56. The lowest BCUT2D eigenvalue weighted by atomic mass is 10.4. The van der Waals surface area contributed by atoms with Gasteiger partial charge in [-0.1, -0.05) is 0 Å². The highest BCUT2D eigenvalue weighted by Crippen LogP contribution is 2.19. The summed E-state index contributed by atoms with van der Waals surface area (Å²) in [5.41, 5.74) is 0. The first-order valence-corrected chi connectivity index (χ1v) is 6.14. The van der Waals surface area contributed by atoms with E-state index in [1.165, 1.54) is 14.0 Å². The van der Waals surface area contributed by atoms with Crippen LogP contribution in [0.15, 0.2) is 21.6 Å². The summed E-state index contributed by atoms with van der Waals surface area (Å²) in [6.45, 7) is 1.19. The second-order valence-corrected chi connectivity index (χ2v) is 5.42. The predicted molar refractivity (Wildman–Crippen MR) is 56.4 cm³/mol. The van der Waals surface area contributed by atoms with E-state index in [2.05, 4.69) is 9.73 Å². The van der Waals surface area contributed by atoms with Crippen LogP contribution in [-0.4, -0.2) is 37.7 Å². The zero-order chi connectivity index (χ0) is 13.2. The van der Waals surface area contributed by atoms with Crippen molar-refractivity contribution in [3.05, 3.63) is 17.9 Å². The Morgan fingerprint density at radius 2 is 2.00 bits per heavy atom. The number of amides is 1. The maximum Gasteiger partial charge on any atom is 0.371 e. The Morgan fingerprint density at radius 3 is 2.41 bits per heavy atom. The van der Waals surface area contributed by atoms with Crippen LogP contribution in [0.1, 0.15) is 17.5 Å². The quantitative estimate of drug-likeness (QED) is 0.781. The van der Waals surface area contributed by atoms with Crippen molar-refractivity contribution >= 4 is 21.7 Å². The molecule has 0 aliphatic heterocycles. The number of carbonyl (C=O) groups is 2. The number of hydrogen-bond acceptors (Lipinski definition) is 5. The van der Waals surface area contributed by atoms with E-state index < -0.39 is 37.8 Å². The lowest BCUT2D eigenvalue weighted by Crippen LogP contribution is -2.35. The van der Waals surface area contributed by atoms with Gasteiger partial charge in [0, 0.05) is 7.05 Å². The van der Waals surface area contributed by atoms with Gasteiger partial charge in [0.2, 0.25) is 26.6 Å². The molecule has 1 atom stereocenters. The summed E-state index contributed by atoms with van der Waals surface area (Å²) in [7, 11) is -2.70. The van der Waals surface area contributed by atoms with E-state index in [4.69, 9.17) is 5.11 Å². The van der Waals surface area contributed by atoms with Crippen molar-refractivity contribution in [2.24, 2.45) is 0 Å². The Balaban J connectivity index is 3.13. The van der Waals surface area contributed by atoms with Gasteiger partial charge in [-0.25, -0.2) is 13.2 Å². The van der Waals surface area contributed by atoms with Crippen molar-refractivity contribution in [1.82, 2.24) is 5.32 Å². The zero-order valence-corrected chi connectivity index (χ0v) is 9.95. The SMILES string of the molecule is CNC(=O)C(C)S(=O)(=O)c1ccc(C(=O)O)o1. The monoisotopic (exact) mass is 261 g/mol. The standard InChI is InChI=1S/C9H11NO6S/c1-5(8(11)10-2)17(14,15)7-4-3-6(16-7)9(12)13/h3-5H,1-2H3,(H,10,11)(H,12,13). The number of carbonyl (C=O) groups excluding carboxylic acids is 1. The van der Waals surface area contributed by atoms with Gasteiger partial charge in [-0.3, -0.25) is 4.79 Å². The molecule has 17 heavy (non-hydrogen) atoms. The van der Waals surface area contributed by atoms with E-state index in [1.807, 2.05) is 0 Å². The summed E-state index contributed by atoms with van der Waals surface area (Å²) in [6.07, 6.45) is 0. The van der Waals surface area contributed by atoms with Crippen LogP contribution in [0.4, 0.5) is 0 Å². The fraction of sp³-hybridized carbons (Fsp3) is 0.333. The van der Waals surface area contributed by atoms with Crippen LogP contribution in [-0.2, 0) is 14.6 Å². The number of rotatable bonds is 4. The van der Waals surface area contributed by atoms with Gasteiger partial charge in [0.25, 0.3) is 0 Å². The van der Waals surface area contributed by atoms with Crippen LogP contribution in [0.3, 0.4) is 0 Å². The van der Waals surface area contributed by atoms with Gasteiger partial charge in [0.1, 0.15) is 5.25 Å². The molecule has 0 aliphatic rings. The van der Waals surface area contributed by atoms with E-state index in [-0.39, 0.29) is 0 Å². The van der Waals surface area contributed by atoms with Gasteiger partial charge < -0.3 is 14.8 Å². The third-order valence-electron chi connectivity index (χ3n) is 2.15. The third-order valence-corrected chi connectivity index (χ3v) is 4.08. The minimum Gasteiger partial charge on any atom is -0.475 e. The molecule has 8 heteroatoms. The molecule has 1 heterocycles. The zero-order valence-electron chi connectivity index (χ0n) is 9.13. The van der Waals surface area contributed by atoms with Crippen LogP contribution in [0.2, 0.25) is 0 Å². The number of furan rings is 1. The van der Waals surface area contributed by atoms with Gasteiger partial charge in [-0.05, 0) is 19.1 Å². The molecular weight excluding hydrogens is 250 g/mol. The maximum atomic E-state index is 11.8. The Labute approximate surface area is 97.3 Å². The number of sulfone groups is 1. The van der Waals surface area contributed by atoms with E-state index in [0.29, 0.717) is 0 Å². The number of carboxylic acid groups (broad SMARTS) is 1. The van der Waals surface area contributed by atoms with E-state index in [1.54, 1.807) is 0 Å². The average Bonchev–Trinajstić information content (AvgIpc) is 2.76. The van der Waals surface area contributed by atoms with Crippen molar-refractivity contribution in [1.29, 1.82) is 0 Å². The molecule has 7 nitrogen and oxygen atoms in total. The molecule has 0 fully saturated rings. The molecule has 0 bridgehead atoms. The number of nitrogens with one attached hydrogen (secondary N) is 1. The highest BCUT2D eigenvalue weighted by Gasteiger charge is 2.32. The first kappa shape index (κ1) is 13.2. The number of hydrogen-bond donors (Lipinski definition) is 2. The Morgan fingerprint density at radius 1 is 1.41 bits per heavy atom. The maximum absolute atomic E-state index is 11.8. The van der Waals surface area contributed by atoms with E-state index in [0.717, 1.165) is 12.1 Å². The molecule has 0 aromatic carbocycles. The van der Waals surface area contributed by atoms with Crippen LogP contribution < -0.4 is 5.32 Å². The Hall–Kier alpha value is -1.83. The van der Waals surface area contributed by atoms with Gasteiger partial charge in [0.05, 0.1) is 0 Å². The van der Waals surface area contributed by atoms with Gasteiger partial charge in [-0.15, -0.1) is 0 Å². The summed E-state index contributed by atoms with van der Waals surface area (Å²) in [5, 5.41) is 8.90. The second kappa shape index (κ2) is 4.58. The molecule has 1 aromatic rings. The molecule has 1 amide bonds. The minimum atomic E-state index is -4.01. The summed E-state index contributed by atoms with van der Waals surface area (Å²) < 4.78 is 28.3. The largest absolute Gasteiger partial charge is 0.475 e. The molecule has 0 saturated carbocycles. The topological polar surface area (TPSA) is 114 Å². The highest BCUT2D eigenvalue weighted by atomic mass is 32.2. The minimum absolute atomic E-state index is 0.493. The predicted octanol–water partition coefficient (Wildman–Crippen LogP) is -0.114. The summed E-state index contributed by atoms with van der Waals surface area (Å²) in [4.78, 5) is 21.8. The van der Waals surface area contributed by atoms with Crippen LogP contribution in [0, 0.1) is 0 Å². The summed E-state index contributed by atoms with van der Waals surface area (Å²) in [6, 6.07) is 2.03. The second-order valence-electron chi connectivity index (χ2n) is 3.23. The molecule has 0 radical (unpaired) electrons. The highest BCUT2D eigenvalue weighted by molar-refractivity contribution is 7.92. The lowest BCUT2D eigenvalue weighted by molar-refractivity contribution is -0.119. The normalized spacial score (nSPS) is 13.1. The molecule has 0 spiro atoms. The van der Waals surface area contributed by atoms with Gasteiger partial charge in [-0.2, -0.15) is 0 Å². The molecule has 0 aliphatic carbocycles. The van der Waals surface area contributed by atoms with Gasteiger partial charge >= 0.3 is 5.97 Å². The van der Waals surface area contributed by atoms with Crippen molar-refractivity contribution in [3.63, 3.8) is 0 Å². The molecule has 1 rings (SSSR count). The van der Waals surface area contributed by atoms with Crippen LogP contribution in [0.25, 0.3) is 0 Å². The number of aromatic carboxylic acids is 1. The fourth-order valence-electron chi connectivity index (χ4n) is 1.11. The third kappa shape index (κ3) is 2.47. The van der Waals surface area contributed by atoms with Gasteiger partial charge in [0.15, 0.2) is 0 Å². The average molecular weight is 261 g/mol. The molecule has 2 N–H and O–H groups in total. The van der Waals surface area contributed by atoms with Crippen LogP contribution >= 0.6 is 0 Å². The van der Waals surface area contributed by atoms with Crippen molar-refractivity contribution in [2.75, 3.05) is 7.05 Å². The lowest BCUT2D eigenvalue weighted by Gasteiger charge is -2.08. The summed E-state index contributed by atoms with van der Waals surface area (Å²) >= 11 is 0. The molecule has 1 unspecified atom stereocenters. The van der Waals surface area contributed by atoms with Crippen molar-refractivity contribution in [2.45, 2.75) is 17.3 Å². The first-order valence-electron chi connectivity index (χ1n) is 4.59. The fourth-order valence-corrected chi connectivity index (χ4v) is 2.32. The smallest absolute Gasteiger partial charge is 0.371 e. The van der Waals surface area contributed by atoms with E-state index >= 15 is 0 Å². The molecule has 1 aromatic heterocycles. The van der Waals surface area contributed by atoms with Crippen molar-refractivity contribution < 1.29 is 27.5 Å². The molecule has 94 valence electrons. The van der Waals surface area contributed by atoms with Crippen molar-refractivity contribution in [3.8, 4) is 0 Å². The summed E-state index contributed by atoms with van der Waals surface area (Å²) in [5.74, 6) is -2.56. The first-order chi connectivity index (χ1) is 7.80. The van der Waals surface area contributed by atoms with E-state index in [9.17, 15) is 18.0 Å².